The lowest BCUT2D eigenvalue weighted by atomic mass is 10.1. The molecule has 1 aromatic carbocycles. The first kappa shape index (κ1) is 14.1. The Hall–Kier alpha value is -1.89. The summed E-state index contributed by atoms with van der Waals surface area (Å²) < 4.78 is 11.4. The van der Waals surface area contributed by atoms with E-state index >= 15 is 0 Å². The summed E-state index contributed by atoms with van der Waals surface area (Å²) in [5.41, 5.74) is 0. The molecule has 0 radical (unpaired) electrons. The molecule has 1 amide bonds. The first-order chi connectivity index (χ1) is 10.1. The second kappa shape index (κ2) is 5.48. The summed E-state index contributed by atoms with van der Waals surface area (Å²) in [7, 11) is 0. The van der Waals surface area contributed by atoms with E-state index in [0.29, 0.717) is 23.1 Å². The van der Waals surface area contributed by atoms with Gasteiger partial charge in [-0.15, -0.1) is 11.8 Å². The molecule has 2 heterocycles. The Kier molecular flexibility index (Phi) is 3.67. The van der Waals surface area contributed by atoms with Gasteiger partial charge in [0.25, 0.3) is 5.91 Å². The Balaban J connectivity index is 1.81. The van der Waals surface area contributed by atoms with Crippen molar-refractivity contribution in [2.75, 3.05) is 11.6 Å². The molecule has 7 heteroatoms. The quantitative estimate of drug-likeness (QED) is 0.885. The van der Waals surface area contributed by atoms with E-state index in [1.807, 2.05) is 6.07 Å². The zero-order valence-electron chi connectivity index (χ0n) is 11.4. The Morgan fingerprint density at radius 3 is 2.62 bits per heavy atom. The molecule has 6 nitrogen and oxygen atoms in total. The molecule has 0 spiro atoms. The molecular formula is C14H15NO5S. The van der Waals surface area contributed by atoms with E-state index in [1.54, 1.807) is 25.1 Å². The smallest absolute Gasteiger partial charge is 0.327 e. The lowest BCUT2D eigenvalue weighted by molar-refractivity contribution is -0.153. The van der Waals surface area contributed by atoms with Crippen LogP contribution in [0.25, 0.3) is 0 Å². The normalized spacial score (nSPS) is 27.5. The molecule has 0 bridgehead atoms. The fraction of sp³-hybridized carbons (Fsp3) is 0.429. The van der Waals surface area contributed by atoms with Crippen LogP contribution < -0.4 is 9.47 Å². The summed E-state index contributed by atoms with van der Waals surface area (Å²) in [6.07, 6.45) is -1.28. The highest BCUT2D eigenvalue weighted by Gasteiger charge is 2.42. The third-order valence-electron chi connectivity index (χ3n) is 3.54. The van der Waals surface area contributed by atoms with E-state index in [-0.39, 0.29) is 5.91 Å². The molecule has 0 saturated carbocycles. The standard InChI is InChI=1S/C14H15NO5S/c1-8-12(20-11-5-3-2-4-10(11)19-8)13(16)15-7-21-6-9(15)14(17)18/h2-5,8-9,12H,6-7H2,1H3,(H,17,18). The van der Waals surface area contributed by atoms with E-state index in [9.17, 15) is 14.7 Å². The van der Waals surface area contributed by atoms with Crippen LogP contribution in [-0.4, -0.2) is 51.8 Å². The van der Waals surface area contributed by atoms with Gasteiger partial charge >= 0.3 is 5.97 Å². The summed E-state index contributed by atoms with van der Waals surface area (Å²) in [6.45, 7) is 1.75. The van der Waals surface area contributed by atoms with Gasteiger partial charge in [0.05, 0.1) is 5.88 Å². The van der Waals surface area contributed by atoms with Gasteiger partial charge in [-0.05, 0) is 19.1 Å². The highest BCUT2D eigenvalue weighted by Crippen LogP contribution is 2.34. The highest BCUT2D eigenvalue weighted by atomic mass is 32.2. The summed E-state index contributed by atoms with van der Waals surface area (Å²) in [6, 6.07) is 6.34. The summed E-state index contributed by atoms with van der Waals surface area (Å²) >= 11 is 1.43. The van der Waals surface area contributed by atoms with Crippen molar-refractivity contribution in [3.05, 3.63) is 24.3 Å². The molecule has 3 atom stereocenters. The molecule has 3 rings (SSSR count). The second-order valence-corrected chi connectivity index (χ2v) is 5.97. The summed E-state index contributed by atoms with van der Waals surface area (Å²) in [5, 5.41) is 9.18. The second-order valence-electron chi connectivity index (χ2n) is 4.97. The lowest BCUT2D eigenvalue weighted by Gasteiger charge is -2.34. The topological polar surface area (TPSA) is 76.1 Å². The molecule has 1 aromatic rings. The van der Waals surface area contributed by atoms with Crippen molar-refractivity contribution >= 4 is 23.6 Å². The number of ether oxygens (including phenoxy) is 2. The van der Waals surface area contributed by atoms with Crippen molar-refractivity contribution in [2.45, 2.75) is 25.2 Å². The van der Waals surface area contributed by atoms with Crippen LogP contribution in [0.2, 0.25) is 0 Å². The first-order valence-electron chi connectivity index (χ1n) is 6.61. The van der Waals surface area contributed by atoms with Crippen LogP contribution in [0.5, 0.6) is 11.5 Å². The number of carbonyl (C=O) groups excluding carboxylic acids is 1. The van der Waals surface area contributed by atoms with E-state index in [4.69, 9.17) is 9.47 Å². The number of benzene rings is 1. The molecule has 0 aromatic heterocycles. The number of carboxylic acid groups (broad SMARTS) is 1. The van der Waals surface area contributed by atoms with Crippen LogP contribution in [0.1, 0.15) is 6.92 Å². The van der Waals surface area contributed by atoms with E-state index in [1.165, 1.54) is 16.7 Å². The molecular weight excluding hydrogens is 294 g/mol. The number of para-hydroxylation sites is 2. The Morgan fingerprint density at radius 2 is 1.95 bits per heavy atom. The Labute approximate surface area is 126 Å². The number of nitrogens with zero attached hydrogens (tertiary/aromatic N) is 1. The average molecular weight is 309 g/mol. The fourth-order valence-corrected chi connectivity index (χ4v) is 3.57. The number of amides is 1. The van der Waals surface area contributed by atoms with Gasteiger partial charge in [-0.1, -0.05) is 12.1 Å². The number of carbonyl (C=O) groups is 2. The molecule has 112 valence electrons. The predicted molar refractivity (Wildman–Crippen MR) is 76.5 cm³/mol. The molecule has 1 N–H and O–H groups in total. The fourth-order valence-electron chi connectivity index (χ4n) is 2.42. The van der Waals surface area contributed by atoms with Crippen LogP contribution >= 0.6 is 11.8 Å². The lowest BCUT2D eigenvalue weighted by Crippen LogP contribution is -2.53. The van der Waals surface area contributed by atoms with Gasteiger partial charge in [0.15, 0.2) is 11.5 Å². The van der Waals surface area contributed by atoms with Gasteiger partial charge in [0.2, 0.25) is 6.10 Å². The number of hydrogen-bond acceptors (Lipinski definition) is 5. The third-order valence-corrected chi connectivity index (χ3v) is 4.55. The van der Waals surface area contributed by atoms with Gasteiger partial charge in [0.1, 0.15) is 12.1 Å². The molecule has 1 saturated heterocycles. The van der Waals surface area contributed by atoms with Crippen LogP contribution in [0, 0.1) is 0 Å². The van der Waals surface area contributed by atoms with Gasteiger partial charge in [-0.2, -0.15) is 0 Å². The van der Waals surface area contributed by atoms with Crippen LogP contribution in [0.4, 0.5) is 0 Å². The molecule has 0 aliphatic carbocycles. The number of carboxylic acids is 1. The zero-order valence-corrected chi connectivity index (χ0v) is 12.2. The maximum atomic E-state index is 12.6. The van der Waals surface area contributed by atoms with Gasteiger partial charge < -0.3 is 19.5 Å². The average Bonchev–Trinajstić information content (AvgIpc) is 2.95. The van der Waals surface area contributed by atoms with Crippen molar-refractivity contribution in [2.24, 2.45) is 0 Å². The van der Waals surface area contributed by atoms with Crippen molar-refractivity contribution in [1.82, 2.24) is 4.90 Å². The number of hydrogen-bond donors (Lipinski definition) is 1. The molecule has 2 aliphatic rings. The number of aliphatic carboxylic acids is 1. The Bertz CT molecular complexity index is 578. The van der Waals surface area contributed by atoms with Crippen molar-refractivity contribution in [1.29, 1.82) is 0 Å². The number of fused-ring (bicyclic) bond motifs is 1. The largest absolute Gasteiger partial charge is 0.482 e. The van der Waals surface area contributed by atoms with Gasteiger partial charge in [-0.3, -0.25) is 4.79 Å². The molecule has 1 fully saturated rings. The minimum Gasteiger partial charge on any atom is -0.482 e. The van der Waals surface area contributed by atoms with Crippen molar-refractivity contribution < 1.29 is 24.2 Å². The first-order valence-corrected chi connectivity index (χ1v) is 7.77. The Morgan fingerprint density at radius 1 is 1.29 bits per heavy atom. The highest BCUT2D eigenvalue weighted by molar-refractivity contribution is 7.99. The predicted octanol–water partition coefficient (Wildman–Crippen LogP) is 1.20. The SMILES string of the molecule is CC1Oc2ccccc2OC1C(=O)N1CSCC1C(=O)O. The third kappa shape index (κ3) is 2.53. The maximum absolute atomic E-state index is 12.6. The molecule has 21 heavy (non-hydrogen) atoms. The van der Waals surface area contributed by atoms with Gasteiger partial charge in [0, 0.05) is 5.75 Å². The van der Waals surface area contributed by atoms with Crippen molar-refractivity contribution in [3.63, 3.8) is 0 Å². The maximum Gasteiger partial charge on any atom is 0.327 e. The van der Waals surface area contributed by atoms with Crippen molar-refractivity contribution in [3.8, 4) is 11.5 Å². The van der Waals surface area contributed by atoms with E-state index in [0.717, 1.165) is 0 Å². The van der Waals surface area contributed by atoms with Crippen LogP contribution in [0.15, 0.2) is 24.3 Å². The van der Waals surface area contributed by atoms with E-state index < -0.39 is 24.2 Å². The van der Waals surface area contributed by atoms with E-state index in [2.05, 4.69) is 0 Å². The number of rotatable bonds is 2. The zero-order chi connectivity index (χ0) is 15.0. The monoisotopic (exact) mass is 309 g/mol. The van der Waals surface area contributed by atoms with Crippen LogP contribution in [0.3, 0.4) is 0 Å². The number of thioether (sulfide) groups is 1. The van der Waals surface area contributed by atoms with Gasteiger partial charge in [-0.25, -0.2) is 4.79 Å². The summed E-state index contributed by atoms with van der Waals surface area (Å²) in [4.78, 5) is 25.1. The molecule has 2 aliphatic heterocycles. The summed E-state index contributed by atoms with van der Waals surface area (Å²) in [5.74, 6) is 0.545. The minimum absolute atomic E-state index is 0.339. The van der Waals surface area contributed by atoms with Crippen LogP contribution in [-0.2, 0) is 9.59 Å². The molecule has 3 unspecified atom stereocenters. The minimum atomic E-state index is -0.988.